The van der Waals surface area contributed by atoms with Crippen molar-refractivity contribution in [2.24, 2.45) is 5.92 Å². The standard InChI is InChI=1S/C13H17NO4S/c1-10-2-3-12(18-10)4-6-14-13(15)8-11-5-7-19(16,17)9-11/h2-3,5,7,11H,4,6,8-9H2,1H3,(H,14,15). The number of carbonyl (C=O) groups is 1. The summed E-state index contributed by atoms with van der Waals surface area (Å²) in [6.45, 7) is 2.36. The third-order valence-electron chi connectivity index (χ3n) is 2.94. The lowest BCUT2D eigenvalue weighted by Crippen LogP contribution is -2.27. The number of hydrogen-bond acceptors (Lipinski definition) is 4. The van der Waals surface area contributed by atoms with Crippen molar-refractivity contribution in [1.29, 1.82) is 0 Å². The average molecular weight is 283 g/mol. The summed E-state index contributed by atoms with van der Waals surface area (Å²) in [5.41, 5.74) is 0. The van der Waals surface area contributed by atoms with Gasteiger partial charge >= 0.3 is 0 Å². The third kappa shape index (κ3) is 4.24. The second kappa shape index (κ2) is 5.61. The molecule has 0 spiro atoms. The van der Waals surface area contributed by atoms with Gasteiger partial charge in [0.2, 0.25) is 5.91 Å². The van der Waals surface area contributed by atoms with Crippen molar-refractivity contribution >= 4 is 15.7 Å². The Kier molecular flexibility index (Phi) is 4.09. The summed E-state index contributed by atoms with van der Waals surface area (Å²) in [5, 5.41) is 3.96. The third-order valence-corrected chi connectivity index (χ3v) is 4.41. The van der Waals surface area contributed by atoms with Crippen molar-refractivity contribution in [3.05, 3.63) is 35.1 Å². The topological polar surface area (TPSA) is 76.4 Å². The van der Waals surface area contributed by atoms with Crippen molar-refractivity contribution in [2.75, 3.05) is 12.3 Å². The highest BCUT2D eigenvalue weighted by molar-refractivity contribution is 7.94. The zero-order valence-electron chi connectivity index (χ0n) is 10.8. The van der Waals surface area contributed by atoms with E-state index in [1.54, 1.807) is 6.08 Å². The van der Waals surface area contributed by atoms with E-state index >= 15 is 0 Å². The molecule has 0 fully saturated rings. The van der Waals surface area contributed by atoms with Gasteiger partial charge in [-0.3, -0.25) is 4.79 Å². The van der Waals surface area contributed by atoms with E-state index in [4.69, 9.17) is 4.42 Å². The maximum Gasteiger partial charge on any atom is 0.220 e. The predicted octanol–water partition coefficient (Wildman–Crippen LogP) is 1.20. The molecule has 104 valence electrons. The number of sulfone groups is 1. The summed E-state index contributed by atoms with van der Waals surface area (Å²) in [6, 6.07) is 3.76. The lowest BCUT2D eigenvalue weighted by molar-refractivity contribution is -0.121. The van der Waals surface area contributed by atoms with Gasteiger partial charge in [-0.1, -0.05) is 6.08 Å². The first-order valence-electron chi connectivity index (χ1n) is 6.17. The van der Waals surface area contributed by atoms with Crippen LogP contribution in [0.4, 0.5) is 0 Å². The number of carbonyl (C=O) groups excluding carboxylic acids is 1. The summed E-state index contributed by atoms with van der Waals surface area (Å²) in [7, 11) is -3.08. The van der Waals surface area contributed by atoms with E-state index in [-0.39, 0.29) is 24.0 Å². The van der Waals surface area contributed by atoms with Gasteiger partial charge in [0.15, 0.2) is 9.84 Å². The molecule has 5 nitrogen and oxygen atoms in total. The number of rotatable bonds is 5. The molecule has 1 unspecified atom stereocenters. The van der Waals surface area contributed by atoms with Crippen molar-refractivity contribution < 1.29 is 17.6 Å². The van der Waals surface area contributed by atoms with Crippen molar-refractivity contribution in [2.45, 2.75) is 19.8 Å². The Hall–Kier alpha value is -1.56. The van der Waals surface area contributed by atoms with Gasteiger partial charge in [0.05, 0.1) is 5.75 Å². The van der Waals surface area contributed by atoms with Crippen LogP contribution in [0.25, 0.3) is 0 Å². The number of furan rings is 1. The molecular weight excluding hydrogens is 266 g/mol. The molecule has 1 aromatic heterocycles. The van der Waals surface area contributed by atoms with Crippen LogP contribution in [0.15, 0.2) is 28.0 Å². The van der Waals surface area contributed by atoms with Crippen LogP contribution >= 0.6 is 0 Å². The number of hydrogen-bond donors (Lipinski definition) is 1. The van der Waals surface area contributed by atoms with E-state index in [1.807, 2.05) is 19.1 Å². The zero-order chi connectivity index (χ0) is 13.9. The van der Waals surface area contributed by atoms with Crippen LogP contribution in [0.1, 0.15) is 17.9 Å². The molecular formula is C13H17NO4S. The second-order valence-electron chi connectivity index (χ2n) is 4.73. The molecule has 1 aliphatic heterocycles. The lowest BCUT2D eigenvalue weighted by atomic mass is 10.1. The summed E-state index contributed by atoms with van der Waals surface area (Å²) in [5.74, 6) is 1.40. The average Bonchev–Trinajstić information content (AvgIpc) is 2.85. The van der Waals surface area contributed by atoms with Crippen molar-refractivity contribution in [3.8, 4) is 0 Å². The second-order valence-corrected chi connectivity index (χ2v) is 6.67. The van der Waals surface area contributed by atoms with Crippen LogP contribution in [0, 0.1) is 12.8 Å². The molecule has 1 aromatic rings. The molecule has 1 amide bonds. The summed E-state index contributed by atoms with van der Waals surface area (Å²) < 4.78 is 27.8. The minimum atomic E-state index is -3.08. The van der Waals surface area contributed by atoms with Gasteiger partial charge in [-0.05, 0) is 19.1 Å². The summed E-state index contributed by atoms with van der Waals surface area (Å²) >= 11 is 0. The van der Waals surface area contributed by atoms with Crippen LogP contribution in [0.5, 0.6) is 0 Å². The molecule has 2 heterocycles. The van der Waals surface area contributed by atoms with Gasteiger partial charge in [0.1, 0.15) is 11.5 Å². The van der Waals surface area contributed by atoms with Crippen LogP contribution in [-0.2, 0) is 21.1 Å². The summed E-state index contributed by atoms with van der Waals surface area (Å²) in [4.78, 5) is 11.6. The Morgan fingerprint density at radius 3 is 2.84 bits per heavy atom. The SMILES string of the molecule is Cc1ccc(CCNC(=O)CC2C=CS(=O)(=O)C2)o1. The van der Waals surface area contributed by atoms with E-state index in [0.717, 1.165) is 11.5 Å². The van der Waals surface area contributed by atoms with Gasteiger partial charge in [-0.25, -0.2) is 8.42 Å². The lowest BCUT2D eigenvalue weighted by Gasteiger charge is -2.07. The molecule has 19 heavy (non-hydrogen) atoms. The van der Waals surface area contributed by atoms with Crippen LogP contribution in [-0.4, -0.2) is 26.6 Å². The molecule has 0 aliphatic carbocycles. The van der Waals surface area contributed by atoms with E-state index < -0.39 is 9.84 Å². The fourth-order valence-corrected chi connectivity index (χ4v) is 3.42. The minimum absolute atomic E-state index is 0.0395. The Balaban J connectivity index is 1.69. The largest absolute Gasteiger partial charge is 0.466 e. The van der Waals surface area contributed by atoms with Crippen LogP contribution < -0.4 is 5.32 Å². The first kappa shape index (κ1) is 13.9. The molecule has 0 bridgehead atoms. The predicted molar refractivity (Wildman–Crippen MR) is 71.2 cm³/mol. The number of amides is 1. The highest BCUT2D eigenvalue weighted by Gasteiger charge is 2.23. The Morgan fingerprint density at radius 2 is 2.26 bits per heavy atom. The molecule has 2 rings (SSSR count). The maximum absolute atomic E-state index is 11.6. The normalized spacial score (nSPS) is 20.6. The van der Waals surface area contributed by atoms with Crippen LogP contribution in [0.2, 0.25) is 0 Å². The van der Waals surface area contributed by atoms with E-state index in [0.29, 0.717) is 13.0 Å². The molecule has 0 aromatic carbocycles. The molecule has 0 saturated carbocycles. The smallest absolute Gasteiger partial charge is 0.220 e. The molecule has 0 radical (unpaired) electrons. The molecule has 0 saturated heterocycles. The van der Waals surface area contributed by atoms with Crippen molar-refractivity contribution in [1.82, 2.24) is 5.32 Å². The van der Waals surface area contributed by atoms with Crippen LogP contribution in [0.3, 0.4) is 0 Å². The number of aryl methyl sites for hydroxylation is 1. The van der Waals surface area contributed by atoms with E-state index in [1.165, 1.54) is 5.41 Å². The number of nitrogens with one attached hydrogen (secondary N) is 1. The fourth-order valence-electron chi connectivity index (χ4n) is 2.02. The van der Waals surface area contributed by atoms with Gasteiger partial charge in [-0.2, -0.15) is 0 Å². The Labute approximate surface area is 112 Å². The highest BCUT2D eigenvalue weighted by Crippen LogP contribution is 2.17. The highest BCUT2D eigenvalue weighted by atomic mass is 32.2. The molecule has 1 atom stereocenters. The van der Waals surface area contributed by atoms with Gasteiger partial charge < -0.3 is 9.73 Å². The maximum atomic E-state index is 11.6. The van der Waals surface area contributed by atoms with Crippen molar-refractivity contribution in [3.63, 3.8) is 0 Å². The van der Waals surface area contributed by atoms with Gasteiger partial charge in [0.25, 0.3) is 0 Å². The Morgan fingerprint density at radius 1 is 1.47 bits per heavy atom. The first-order chi connectivity index (χ1) is 8.94. The van der Waals surface area contributed by atoms with Gasteiger partial charge in [-0.15, -0.1) is 0 Å². The molecule has 1 N–H and O–H groups in total. The van der Waals surface area contributed by atoms with E-state index in [9.17, 15) is 13.2 Å². The monoisotopic (exact) mass is 283 g/mol. The minimum Gasteiger partial charge on any atom is -0.466 e. The molecule has 6 heteroatoms. The van der Waals surface area contributed by atoms with Gasteiger partial charge in [0, 0.05) is 30.7 Å². The molecule has 1 aliphatic rings. The summed E-state index contributed by atoms with van der Waals surface area (Å²) in [6.07, 6.45) is 2.44. The quantitative estimate of drug-likeness (QED) is 0.880. The first-order valence-corrected chi connectivity index (χ1v) is 7.89. The van der Waals surface area contributed by atoms with E-state index in [2.05, 4.69) is 5.32 Å². The zero-order valence-corrected chi connectivity index (χ0v) is 11.6. The fraction of sp³-hybridized carbons (Fsp3) is 0.462. The Bertz CT molecular complexity index is 586. The number of allylic oxidation sites excluding steroid dienone is 1.